The average molecular weight is 224 g/mol. The molecule has 0 aliphatic carbocycles. The first-order valence-corrected chi connectivity index (χ1v) is 5.26. The summed E-state index contributed by atoms with van der Waals surface area (Å²) in [5.41, 5.74) is -0.987. The van der Waals surface area contributed by atoms with Crippen molar-refractivity contribution in [2.24, 2.45) is 0 Å². The lowest BCUT2D eigenvalue weighted by molar-refractivity contribution is -0.127. The third-order valence-electron chi connectivity index (χ3n) is 2.09. The van der Waals surface area contributed by atoms with Gasteiger partial charge < -0.3 is 0 Å². The summed E-state index contributed by atoms with van der Waals surface area (Å²) in [4.78, 5) is 0. The standard InChI is InChI=1S/C8H11F3N2S/c1-6-2-7(3-12,5-14-6)13-4-8(9,10)11/h6,13H,2,4-5H2,1H3. The molecule has 1 aliphatic heterocycles. The first-order chi connectivity index (χ1) is 6.37. The van der Waals surface area contributed by atoms with E-state index in [-0.39, 0.29) is 5.25 Å². The third kappa shape index (κ3) is 3.07. The van der Waals surface area contributed by atoms with E-state index >= 15 is 0 Å². The van der Waals surface area contributed by atoms with Gasteiger partial charge in [0, 0.05) is 11.0 Å². The fourth-order valence-electron chi connectivity index (χ4n) is 1.40. The zero-order valence-electron chi connectivity index (χ0n) is 7.69. The molecule has 0 aromatic heterocycles. The normalized spacial score (nSPS) is 32.9. The van der Waals surface area contributed by atoms with Crippen molar-refractivity contribution >= 4 is 11.8 Å². The zero-order valence-corrected chi connectivity index (χ0v) is 8.50. The quantitative estimate of drug-likeness (QED) is 0.778. The van der Waals surface area contributed by atoms with E-state index in [0.717, 1.165) is 0 Å². The highest BCUT2D eigenvalue weighted by Gasteiger charge is 2.41. The summed E-state index contributed by atoms with van der Waals surface area (Å²) >= 11 is 1.53. The Bertz CT molecular complexity index is 248. The molecule has 0 saturated carbocycles. The molecule has 0 radical (unpaired) electrons. The van der Waals surface area contributed by atoms with Crippen LogP contribution in [0, 0.1) is 11.3 Å². The fourth-order valence-corrected chi connectivity index (χ4v) is 2.66. The van der Waals surface area contributed by atoms with E-state index in [1.807, 2.05) is 13.0 Å². The molecule has 2 atom stereocenters. The molecule has 2 nitrogen and oxygen atoms in total. The first kappa shape index (κ1) is 11.7. The highest BCUT2D eigenvalue weighted by atomic mass is 32.2. The summed E-state index contributed by atoms with van der Waals surface area (Å²) in [6, 6.07) is 1.95. The largest absolute Gasteiger partial charge is 0.401 e. The maximum absolute atomic E-state index is 11.9. The van der Waals surface area contributed by atoms with Crippen LogP contribution in [0.1, 0.15) is 13.3 Å². The van der Waals surface area contributed by atoms with Crippen molar-refractivity contribution in [3.63, 3.8) is 0 Å². The van der Waals surface area contributed by atoms with Gasteiger partial charge >= 0.3 is 6.18 Å². The van der Waals surface area contributed by atoms with Crippen LogP contribution in [0.15, 0.2) is 0 Å². The van der Waals surface area contributed by atoms with Crippen molar-refractivity contribution in [3.05, 3.63) is 0 Å². The number of hydrogen-bond acceptors (Lipinski definition) is 3. The second-order valence-corrected chi connectivity index (χ2v) is 4.92. The lowest BCUT2D eigenvalue weighted by Gasteiger charge is -2.22. The van der Waals surface area contributed by atoms with Gasteiger partial charge in [0.05, 0.1) is 12.6 Å². The monoisotopic (exact) mass is 224 g/mol. The van der Waals surface area contributed by atoms with Gasteiger partial charge in [-0.1, -0.05) is 6.92 Å². The molecule has 0 aromatic rings. The van der Waals surface area contributed by atoms with E-state index in [9.17, 15) is 13.2 Å². The molecule has 0 aromatic carbocycles. The summed E-state index contributed by atoms with van der Waals surface area (Å²) in [5.74, 6) is 0.431. The Labute approximate surface area is 84.9 Å². The minimum Gasteiger partial charge on any atom is -0.290 e. The molecule has 80 valence electrons. The van der Waals surface area contributed by atoms with Gasteiger partial charge in [0.2, 0.25) is 0 Å². The van der Waals surface area contributed by atoms with Gasteiger partial charge in [-0.2, -0.15) is 30.2 Å². The van der Waals surface area contributed by atoms with Gasteiger partial charge in [0.1, 0.15) is 5.54 Å². The van der Waals surface area contributed by atoms with Crippen LogP contribution >= 0.6 is 11.8 Å². The topological polar surface area (TPSA) is 35.8 Å². The number of hydrogen-bond donors (Lipinski definition) is 1. The van der Waals surface area contributed by atoms with Crippen LogP contribution in [0.3, 0.4) is 0 Å². The van der Waals surface area contributed by atoms with E-state index in [1.165, 1.54) is 11.8 Å². The number of nitriles is 1. The van der Waals surface area contributed by atoms with Gasteiger partial charge in [0.25, 0.3) is 0 Å². The maximum atomic E-state index is 11.9. The van der Waals surface area contributed by atoms with Crippen molar-refractivity contribution < 1.29 is 13.2 Å². The molecule has 0 bridgehead atoms. The van der Waals surface area contributed by atoms with Crippen LogP contribution < -0.4 is 5.32 Å². The van der Waals surface area contributed by atoms with E-state index in [0.29, 0.717) is 12.2 Å². The van der Waals surface area contributed by atoms with Crippen LogP contribution in [0.25, 0.3) is 0 Å². The highest BCUT2D eigenvalue weighted by Crippen LogP contribution is 2.34. The summed E-state index contributed by atoms with van der Waals surface area (Å²) in [6.07, 6.45) is -3.77. The van der Waals surface area contributed by atoms with Crippen LogP contribution in [-0.2, 0) is 0 Å². The molecule has 0 amide bonds. The molecule has 1 rings (SSSR count). The number of rotatable bonds is 2. The highest BCUT2D eigenvalue weighted by molar-refractivity contribution is 8.00. The SMILES string of the molecule is CC1CC(C#N)(NCC(F)(F)F)CS1. The molecule has 0 spiro atoms. The summed E-state index contributed by atoms with van der Waals surface area (Å²) in [7, 11) is 0. The molecule has 14 heavy (non-hydrogen) atoms. The Morgan fingerprint density at radius 2 is 2.29 bits per heavy atom. The molecule has 1 heterocycles. The summed E-state index contributed by atoms with van der Waals surface area (Å²) in [5, 5.41) is 11.4. The number of thioether (sulfide) groups is 1. The molecule has 1 aliphatic rings. The molecule has 1 fully saturated rings. The van der Waals surface area contributed by atoms with Crippen LogP contribution in [-0.4, -0.2) is 29.3 Å². The molecule has 2 unspecified atom stereocenters. The Kier molecular flexibility index (Phi) is 3.32. The number of alkyl halides is 3. The molecular weight excluding hydrogens is 213 g/mol. The van der Waals surface area contributed by atoms with Crippen LogP contribution in [0.4, 0.5) is 13.2 Å². The second-order valence-electron chi connectivity index (χ2n) is 3.49. The summed E-state index contributed by atoms with van der Waals surface area (Å²) in [6.45, 7) is 0.826. The Morgan fingerprint density at radius 3 is 2.64 bits per heavy atom. The smallest absolute Gasteiger partial charge is 0.290 e. The lowest BCUT2D eigenvalue weighted by atomic mass is 9.98. The lowest BCUT2D eigenvalue weighted by Crippen LogP contribution is -2.48. The molecule has 1 saturated heterocycles. The number of nitrogens with one attached hydrogen (secondary N) is 1. The Morgan fingerprint density at radius 1 is 1.64 bits per heavy atom. The Hall–Kier alpha value is -0.410. The zero-order chi connectivity index (χ0) is 10.8. The maximum Gasteiger partial charge on any atom is 0.401 e. The van der Waals surface area contributed by atoms with Crippen LogP contribution in [0.2, 0.25) is 0 Å². The first-order valence-electron chi connectivity index (χ1n) is 4.21. The number of halogens is 3. The minimum absolute atomic E-state index is 0.246. The van der Waals surface area contributed by atoms with Gasteiger partial charge in [0.15, 0.2) is 0 Å². The van der Waals surface area contributed by atoms with Crippen molar-refractivity contribution in [1.29, 1.82) is 5.26 Å². The van der Waals surface area contributed by atoms with Crippen molar-refractivity contribution in [3.8, 4) is 6.07 Å². The second kappa shape index (κ2) is 3.99. The molecular formula is C8H11F3N2S. The van der Waals surface area contributed by atoms with Gasteiger partial charge in [-0.3, -0.25) is 5.32 Å². The molecule has 1 N–H and O–H groups in total. The minimum atomic E-state index is -4.25. The van der Waals surface area contributed by atoms with Crippen LogP contribution in [0.5, 0.6) is 0 Å². The van der Waals surface area contributed by atoms with E-state index in [4.69, 9.17) is 5.26 Å². The Balaban J connectivity index is 2.52. The predicted octanol–water partition coefficient (Wildman–Crippen LogP) is 1.93. The average Bonchev–Trinajstić information content (AvgIpc) is 2.44. The van der Waals surface area contributed by atoms with Crippen molar-refractivity contribution in [1.82, 2.24) is 5.32 Å². The van der Waals surface area contributed by atoms with Gasteiger partial charge in [-0.15, -0.1) is 0 Å². The van der Waals surface area contributed by atoms with E-state index < -0.39 is 18.3 Å². The van der Waals surface area contributed by atoms with Gasteiger partial charge in [-0.25, -0.2) is 0 Å². The van der Waals surface area contributed by atoms with Gasteiger partial charge in [-0.05, 0) is 6.42 Å². The van der Waals surface area contributed by atoms with E-state index in [2.05, 4.69) is 5.32 Å². The number of nitrogens with zero attached hydrogens (tertiary/aromatic N) is 1. The summed E-state index contributed by atoms with van der Waals surface area (Å²) < 4.78 is 35.8. The predicted molar refractivity (Wildman–Crippen MR) is 48.9 cm³/mol. The fraction of sp³-hybridized carbons (Fsp3) is 0.875. The third-order valence-corrected chi connectivity index (χ3v) is 3.49. The molecule has 6 heteroatoms. The van der Waals surface area contributed by atoms with E-state index in [1.54, 1.807) is 0 Å². The van der Waals surface area contributed by atoms with Crippen molar-refractivity contribution in [2.75, 3.05) is 12.3 Å². The van der Waals surface area contributed by atoms with Crippen molar-refractivity contribution in [2.45, 2.75) is 30.3 Å².